The summed E-state index contributed by atoms with van der Waals surface area (Å²) in [6, 6.07) is 6.18. The van der Waals surface area contributed by atoms with Gasteiger partial charge < -0.3 is 14.8 Å². The van der Waals surface area contributed by atoms with Crippen molar-refractivity contribution in [1.29, 1.82) is 0 Å². The standard InChI is InChI=1S/C22H22ClN6O.K/c1-2-3-8-20-24-19(14-30)21(23)29(20)13-15-9-11-16(12-10-15)17-6-4-5-7-18(17)22-25-27-28-26-22;/h4-7,9-12,30H,2-3,8,13-14H2,1H3;/q-1;+1/i9D,10D,11D,12D;. The number of rotatable bonds is 8. The molecule has 0 saturated heterocycles. The first-order valence-corrected chi connectivity index (χ1v) is 9.99. The molecule has 0 amide bonds. The van der Waals surface area contributed by atoms with Crippen LogP contribution in [0, 0.1) is 0 Å². The van der Waals surface area contributed by atoms with Gasteiger partial charge in [-0.15, -0.1) is 0 Å². The summed E-state index contributed by atoms with van der Waals surface area (Å²) in [4.78, 5) is 4.41. The van der Waals surface area contributed by atoms with Crippen molar-refractivity contribution in [1.82, 2.24) is 30.2 Å². The number of benzene rings is 2. The molecule has 0 bridgehead atoms. The van der Waals surface area contributed by atoms with Crippen LogP contribution in [0.1, 0.15) is 42.3 Å². The molecule has 0 aliphatic carbocycles. The van der Waals surface area contributed by atoms with E-state index >= 15 is 0 Å². The van der Waals surface area contributed by atoms with Crippen LogP contribution in [0.4, 0.5) is 0 Å². The number of tetrazole rings is 1. The maximum absolute atomic E-state index is 9.60. The van der Waals surface area contributed by atoms with Gasteiger partial charge in [-0.2, -0.15) is 0 Å². The van der Waals surface area contributed by atoms with Crippen LogP contribution in [0.2, 0.25) is 5.15 Å². The van der Waals surface area contributed by atoms with E-state index in [0.717, 1.165) is 12.8 Å². The number of hydrogen-bond acceptors (Lipinski definition) is 5. The second kappa shape index (κ2) is 11.5. The summed E-state index contributed by atoms with van der Waals surface area (Å²) in [6.45, 7) is 1.72. The average Bonchev–Trinajstić information content (AvgIpc) is 3.48. The largest absolute Gasteiger partial charge is 1.00 e. The van der Waals surface area contributed by atoms with E-state index in [-0.39, 0.29) is 111 Å². The van der Waals surface area contributed by atoms with Crippen molar-refractivity contribution in [2.24, 2.45) is 0 Å². The molecular formula is C22H22ClKN6O. The smallest absolute Gasteiger partial charge is 0.390 e. The minimum absolute atomic E-state index is 0. The third-order valence-corrected chi connectivity index (χ3v) is 5.13. The fourth-order valence-corrected chi connectivity index (χ4v) is 3.44. The molecule has 0 spiro atoms. The number of aliphatic hydroxyl groups is 1. The minimum atomic E-state index is -0.330. The van der Waals surface area contributed by atoms with Gasteiger partial charge in [-0.25, -0.2) is 10.1 Å². The fraction of sp³-hybridized carbons (Fsp3) is 0.273. The molecule has 0 aliphatic heterocycles. The number of aromatic nitrogens is 6. The summed E-state index contributed by atoms with van der Waals surface area (Å²) in [5, 5.41) is 24.6. The van der Waals surface area contributed by atoms with Gasteiger partial charge >= 0.3 is 51.4 Å². The van der Waals surface area contributed by atoms with Crippen LogP contribution in [-0.2, 0) is 19.6 Å². The van der Waals surface area contributed by atoms with E-state index in [0.29, 0.717) is 29.1 Å². The third kappa shape index (κ3) is 5.51. The maximum Gasteiger partial charge on any atom is 1.00 e. The Morgan fingerprint density at radius 3 is 2.55 bits per heavy atom. The molecule has 4 aromatic rings. The predicted molar refractivity (Wildman–Crippen MR) is 115 cm³/mol. The number of unbranched alkanes of at least 4 members (excludes halogenated alkanes) is 1. The summed E-state index contributed by atoms with van der Waals surface area (Å²) in [5.41, 5.74) is 1.61. The van der Waals surface area contributed by atoms with Gasteiger partial charge in [0.1, 0.15) is 16.7 Å². The van der Waals surface area contributed by atoms with Gasteiger partial charge in [0.05, 0.1) is 24.5 Å². The van der Waals surface area contributed by atoms with Crippen molar-refractivity contribution in [3.8, 4) is 22.5 Å². The molecule has 1 N–H and O–H groups in total. The molecule has 0 radical (unpaired) electrons. The number of halogens is 1. The number of hydrogen-bond donors (Lipinski definition) is 1. The Hall–Kier alpha value is -1.39. The van der Waals surface area contributed by atoms with E-state index in [1.54, 1.807) is 28.8 Å². The first-order chi connectivity index (χ1) is 16.4. The molecule has 7 nitrogen and oxygen atoms in total. The molecule has 2 aromatic heterocycles. The number of aryl methyl sites for hydroxylation is 1. The summed E-state index contributed by atoms with van der Waals surface area (Å²) in [7, 11) is 0. The topological polar surface area (TPSA) is 90.8 Å². The molecule has 9 heteroatoms. The minimum Gasteiger partial charge on any atom is -0.390 e. The number of imidazole rings is 1. The van der Waals surface area contributed by atoms with Crippen LogP contribution >= 0.6 is 11.6 Å². The Balaban J connectivity index is 0.00000342. The van der Waals surface area contributed by atoms with Crippen molar-refractivity contribution in [3.63, 3.8) is 0 Å². The van der Waals surface area contributed by atoms with Crippen molar-refractivity contribution < 1.29 is 62.0 Å². The number of nitrogens with zero attached hydrogens (tertiary/aromatic N) is 6. The second-order valence-corrected chi connectivity index (χ2v) is 7.07. The Bertz CT molecular complexity index is 1300. The van der Waals surface area contributed by atoms with Crippen LogP contribution < -0.4 is 56.6 Å². The molecule has 2 aromatic carbocycles. The molecule has 31 heavy (non-hydrogen) atoms. The van der Waals surface area contributed by atoms with E-state index in [2.05, 4.69) is 25.6 Å². The van der Waals surface area contributed by atoms with Crippen LogP contribution in [0.25, 0.3) is 22.5 Å². The summed E-state index contributed by atoms with van der Waals surface area (Å²) < 4.78 is 36.4. The first-order valence-electron chi connectivity index (χ1n) is 11.6. The van der Waals surface area contributed by atoms with Crippen LogP contribution in [0.15, 0.2) is 48.4 Å². The second-order valence-electron chi connectivity index (χ2n) is 6.71. The van der Waals surface area contributed by atoms with Gasteiger partial charge in [0.15, 0.2) is 0 Å². The molecule has 0 unspecified atom stereocenters. The quantitative estimate of drug-likeness (QED) is 0.389. The summed E-state index contributed by atoms with van der Waals surface area (Å²) in [6.07, 6.45) is 2.41. The van der Waals surface area contributed by atoms with E-state index in [1.807, 2.05) is 6.92 Å². The van der Waals surface area contributed by atoms with Crippen LogP contribution in [0.3, 0.4) is 0 Å². The van der Waals surface area contributed by atoms with Crippen molar-refractivity contribution in [2.45, 2.75) is 39.3 Å². The van der Waals surface area contributed by atoms with Crippen LogP contribution in [0.5, 0.6) is 0 Å². The molecular weight excluding hydrogens is 439 g/mol. The predicted octanol–water partition coefficient (Wildman–Crippen LogP) is 0.900. The molecule has 0 aliphatic rings. The molecule has 0 saturated carbocycles. The Morgan fingerprint density at radius 2 is 1.90 bits per heavy atom. The van der Waals surface area contributed by atoms with Crippen molar-refractivity contribution >= 4 is 11.6 Å². The van der Waals surface area contributed by atoms with E-state index in [9.17, 15) is 5.11 Å². The van der Waals surface area contributed by atoms with Gasteiger partial charge in [0.25, 0.3) is 0 Å². The summed E-state index contributed by atoms with van der Waals surface area (Å²) >= 11 is 6.45. The zero-order chi connectivity index (χ0) is 24.4. The monoisotopic (exact) mass is 464 g/mol. The Morgan fingerprint density at radius 1 is 1.16 bits per heavy atom. The van der Waals surface area contributed by atoms with E-state index < -0.39 is 0 Å². The van der Waals surface area contributed by atoms with Gasteiger partial charge in [0, 0.05) is 12.0 Å². The first kappa shape index (κ1) is 19.1. The van der Waals surface area contributed by atoms with Crippen LogP contribution in [-0.4, -0.2) is 30.1 Å². The van der Waals surface area contributed by atoms with E-state index in [4.69, 9.17) is 17.1 Å². The molecule has 0 fully saturated rings. The van der Waals surface area contributed by atoms with Gasteiger partial charge in [-0.05, 0) is 23.1 Å². The normalized spacial score (nSPS) is 12.6. The molecule has 2 heterocycles. The SMILES string of the molecule is [2H]c1c([2H])c(-c2ccccc2-c2nn[n-]n2)c([2H])c([2H])c1Cn1c(CCCC)nc(CO)c1Cl.[K+]. The molecule has 0 atom stereocenters. The fourth-order valence-electron chi connectivity index (χ4n) is 3.18. The van der Waals surface area contributed by atoms with Gasteiger partial charge in [-0.1, -0.05) is 73.4 Å². The zero-order valence-electron chi connectivity index (χ0n) is 21.4. The van der Waals surface area contributed by atoms with Gasteiger partial charge in [-0.3, -0.25) is 10.4 Å². The van der Waals surface area contributed by atoms with E-state index in [1.165, 1.54) is 0 Å². The van der Waals surface area contributed by atoms with Crippen molar-refractivity contribution in [3.05, 3.63) is 70.7 Å². The van der Waals surface area contributed by atoms with Crippen molar-refractivity contribution in [2.75, 3.05) is 0 Å². The summed E-state index contributed by atoms with van der Waals surface area (Å²) in [5.74, 6) is 0.870. The van der Waals surface area contributed by atoms with Gasteiger partial charge in [0.2, 0.25) is 0 Å². The zero-order valence-corrected chi connectivity index (χ0v) is 21.2. The molecule has 4 rings (SSSR count). The average molecular weight is 465 g/mol. The molecule has 154 valence electrons. The number of aliphatic hydroxyl groups excluding tert-OH is 1. The maximum atomic E-state index is 9.60. The Kier molecular flexibility index (Phi) is 7.07. The Labute approximate surface area is 234 Å². The third-order valence-electron chi connectivity index (χ3n) is 4.70.